The number of rotatable bonds is 5. The summed E-state index contributed by atoms with van der Waals surface area (Å²) >= 11 is 0. The summed E-state index contributed by atoms with van der Waals surface area (Å²) in [5, 5.41) is 6.77. The van der Waals surface area contributed by atoms with Gasteiger partial charge in [0.1, 0.15) is 5.76 Å². The van der Waals surface area contributed by atoms with Gasteiger partial charge in [0.05, 0.1) is 30.7 Å². The van der Waals surface area contributed by atoms with Crippen molar-refractivity contribution in [1.29, 1.82) is 0 Å². The van der Waals surface area contributed by atoms with Crippen LogP contribution < -0.4 is 5.32 Å². The number of fused-ring (bicyclic) bond motifs is 1. The molecule has 1 N–H and O–H groups in total. The highest BCUT2D eigenvalue weighted by atomic mass is 19.4. The number of halogens is 3. The minimum absolute atomic E-state index is 0.0521. The zero-order valence-corrected chi connectivity index (χ0v) is 14.1. The van der Waals surface area contributed by atoms with E-state index < -0.39 is 11.7 Å². The van der Waals surface area contributed by atoms with Gasteiger partial charge in [-0.2, -0.15) is 13.2 Å². The number of hydrogen-bond donors (Lipinski definition) is 1. The van der Waals surface area contributed by atoms with Crippen LogP contribution in [-0.2, 0) is 28.7 Å². The lowest BCUT2D eigenvalue weighted by Gasteiger charge is -2.26. The first-order chi connectivity index (χ1) is 12.4. The number of carbonyl (C=O) groups excluding carboxylic acids is 1. The lowest BCUT2D eigenvalue weighted by Crippen LogP contribution is -2.36. The molecule has 2 heterocycles. The first-order valence-electron chi connectivity index (χ1n) is 8.07. The first kappa shape index (κ1) is 18.2. The number of alkyl halides is 3. The molecule has 0 bridgehead atoms. The van der Waals surface area contributed by atoms with Crippen LogP contribution in [0.2, 0.25) is 0 Å². The van der Waals surface area contributed by atoms with Crippen molar-refractivity contribution in [1.82, 2.24) is 10.1 Å². The third kappa shape index (κ3) is 3.98. The van der Waals surface area contributed by atoms with Crippen LogP contribution in [0.1, 0.15) is 23.3 Å². The number of methoxy groups -OCH3 is 1. The number of aromatic nitrogens is 1. The second-order valence-corrected chi connectivity index (χ2v) is 5.94. The highest BCUT2D eigenvalue weighted by molar-refractivity contribution is 5.77. The maximum Gasteiger partial charge on any atom is 0.416 e. The average molecular weight is 369 g/mol. The number of hydrogen-bond acceptors (Lipinski definition) is 5. The van der Waals surface area contributed by atoms with E-state index in [0.717, 1.165) is 12.1 Å². The number of benzene rings is 1. The van der Waals surface area contributed by atoms with Crippen molar-refractivity contribution in [2.24, 2.45) is 0 Å². The van der Waals surface area contributed by atoms with E-state index in [1.54, 1.807) is 4.90 Å². The van der Waals surface area contributed by atoms with E-state index in [1.807, 2.05) is 0 Å². The monoisotopic (exact) mass is 369 g/mol. The molecule has 0 radical (unpaired) electrons. The van der Waals surface area contributed by atoms with Gasteiger partial charge in [0.15, 0.2) is 5.82 Å². The van der Waals surface area contributed by atoms with Crippen LogP contribution >= 0.6 is 0 Å². The van der Waals surface area contributed by atoms with Crippen molar-refractivity contribution < 1.29 is 27.2 Å². The average Bonchev–Trinajstić information content (AvgIpc) is 3.01. The van der Waals surface area contributed by atoms with Gasteiger partial charge in [0.25, 0.3) is 0 Å². The lowest BCUT2D eigenvalue weighted by molar-refractivity contribution is -0.137. The minimum atomic E-state index is -4.43. The number of carbonyl (C=O) groups is 1. The van der Waals surface area contributed by atoms with Crippen LogP contribution in [0.5, 0.6) is 0 Å². The number of amides is 1. The molecule has 0 spiro atoms. The highest BCUT2D eigenvalue weighted by Crippen LogP contribution is 2.33. The second kappa shape index (κ2) is 7.36. The standard InChI is InChI=1S/C17H18F3N3O3/c1-25-8-6-15(24)23-7-5-14-13(10-23)16(22-26-14)21-12-4-2-3-11(9-12)17(18,19)20/h2-4,9H,5-8,10H2,1H3,(H,21,22). The van der Waals surface area contributed by atoms with E-state index in [-0.39, 0.29) is 18.0 Å². The summed E-state index contributed by atoms with van der Waals surface area (Å²) in [5.74, 6) is 0.905. The quantitative estimate of drug-likeness (QED) is 0.875. The summed E-state index contributed by atoms with van der Waals surface area (Å²) in [6.45, 7) is 1.14. The van der Waals surface area contributed by atoms with Crippen LogP contribution in [0, 0.1) is 0 Å². The lowest BCUT2D eigenvalue weighted by atomic mass is 10.1. The Morgan fingerprint density at radius 3 is 2.96 bits per heavy atom. The molecule has 1 amide bonds. The topological polar surface area (TPSA) is 67.6 Å². The molecule has 1 aromatic carbocycles. The number of nitrogens with one attached hydrogen (secondary N) is 1. The van der Waals surface area contributed by atoms with Gasteiger partial charge < -0.3 is 19.5 Å². The maximum atomic E-state index is 12.8. The zero-order valence-electron chi connectivity index (χ0n) is 14.1. The third-order valence-corrected chi connectivity index (χ3v) is 4.15. The molecule has 9 heteroatoms. The Labute approximate surface area is 147 Å². The molecule has 0 atom stereocenters. The molecule has 2 aromatic rings. The van der Waals surface area contributed by atoms with Crippen LogP contribution in [0.3, 0.4) is 0 Å². The van der Waals surface area contributed by atoms with Gasteiger partial charge in [0.2, 0.25) is 5.91 Å². The van der Waals surface area contributed by atoms with Crippen LogP contribution in [0.25, 0.3) is 0 Å². The number of nitrogens with zero attached hydrogens (tertiary/aromatic N) is 2. The molecule has 1 aliphatic rings. The van der Waals surface area contributed by atoms with Crippen molar-refractivity contribution in [3.8, 4) is 0 Å². The predicted octanol–water partition coefficient (Wildman–Crippen LogP) is 3.36. The Hall–Kier alpha value is -2.55. The Morgan fingerprint density at radius 2 is 2.23 bits per heavy atom. The van der Waals surface area contributed by atoms with E-state index >= 15 is 0 Å². The fraction of sp³-hybridized carbons (Fsp3) is 0.412. The fourth-order valence-electron chi connectivity index (χ4n) is 2.78. The molecule has 140 valence electrons. The molecular formula is C17H18F3N3O3. The van der Waals surface area contributed by atoms with Crippen molar-refractivity contribution in [3.05, 3.63) is 41.2 Å². The highest BCUT2D eigenvalue weighted by Gasteiger charge is 2.31. The molecule has 26 heavy (non-hydrogen) atoms. The van der Waals surface area contributed by atoms with Crippen molar-refractivity contribution in [2.45, 2.75) is 25.6 Å². The van der Waals surface area contributed by atoms with Crippen molar-refractivity contribution in [2.75, 3.05) is 25.6 Å². The van der Waals surface area contributed by atoms with E-state index in [1.165, 1.54) is 19.2 Å². The van der Waals surface area contributed by atoms with Gasteiger partial charge in [-0.15, -0.1) is 0 Å². The summed E-state index contributed by atoms with van der Waals surface area (Å²) in [6, 6.07) is 4.84. The molecule has 0 unspecified atom stereocenters. The van der Waals surface area contributed by atoms with E-state index in [2.05, 4.69) is 10.5 Å². The van der Waals surface area contributed by atoms with Crippen molar-refractivity contribution >= 4 is 17.4 Å². The molecular weight excluding hydrogens is 351 g/mol. The Bertz CT molecular complexity index is 789. The molecule has 0 fully saturated rings. The van der Waals surface area contributed by atoms with E-state index in [0.29, 0.717) is 43.3 Å². The summed E-state index contributed by atoms with van der Waals surface area (Å²) in [5.41, 5.74) is 0.175. The summed E-state index contributed by atoms with van der Waals surface area (Å²) in [7, 11) is 1.53. The third-order valence-electron chi connectivity index (χ3n) is 4.15. The van der Waals surface area contributed by atoms with Gasteiger partial charge in [-0.25, -0.2) is 0 Å². The summed E-state index contributed by atoms with van der Waals surface area (Å²) in [4.78, 5) is 13.8. The Kier molecular flexibility index (Phi) is 5.17. The number of ether oxygens (including phenoxy) is 1. The van der Waals surface area contributed by atoms with Crippen LogP contribution in [0.15, 0.2) is 28.8 Å². The SMILES string of the molecule is COCCC(=O)N1CCc2onc(Nc3cccc(C(F)(F)F)c3)c2C1. The predicted molar refractivity (Wildman–Crippen MR) is 86.8 cm³/mol. The minimum Gasteiger partial charge on any atom is -0.384 e. The Balaban J connectivity index is 1.76. The maximum absolute atomic E-state index is 12.8. The number of anilines is 2. The van der Waals surface area contributed by atoms with Crippen LogP contribution in [0.4, 0.5) is 24.7 Å². The summed E-state index contributed by atoms with van der Waals surface area (Å²) < 4.78 is 48.7. The molecule has 0 saturated carbocycles. The zero-order chi connectivity index (χ0) is 18.7. The summed E-state index contributed by atoms with van der Waals surface area (Å²) in [6.07, 6.45) is -3.65. The van der Waals surface area contributed by atoms with Gasteiger partial charge >= 0.3 is 6.18 Å². The first-order valence-corrected chi connectivity index (χ1v) is 8.07. The molecule has 1 aromatic heterocycles. The van der Waals surface area contributed by atoms with Gasteiger partial charge in [-0.3, -0.25) is 4.79 Å². The smallest absolute Gasteiger partial charge is 0.384 e. The Morgan fingerprint density at radius 1 is 1.42 bits per heavy atom. The molecule has 6 nitrogen and oxygen atoms in total. The molecule has 0 saturated heterocycles. The van der Waals surface area contributed by atoms with Crippen molar-refractivity contribution in [3.63, 3.8) is 0 Å². The van der Waals surface area contributed by atoms with E-state index in [9.17, 15) is 18.0 Å². The molecule has 0 aliphatic carbocycles. The molecule has 3 rings (SSSR count). The van der Waals surface area contributed by atoms with Gasteiger partial charge in [-0.05, 0) is 18.2 Å². The largest absolute Gasteiger partial charge is 0.416 e. The van der Waals surface area contributed by atoms with E-state index in [4.69, 9.17) is 9.26 Å². The van der Waals surface area contributed by atoms with Gasteiger partial charge in [0, 0.05) is 25.8 Å². The fourth-order valence-corrected chi connectivity index (χ4v) is 2.78. The van der Waals surface area contributed by atoms with Crippen LogP contribution in [-0.4, -0.2) is 36.2 Å². The second-order valence-electron chi connectivity index (χ2n) is 5.94. The normalized spacial score (nSPS) is 14.2. The van der Waals surface area contributed by atoms with Gasteiger partial charge in [-0.1, -0.05) is 11.2 Å². The molecule has 1 aliphatic heterocycles.